The summed E-state index contributed by atoms with van der Waals surface area (Å²) in [5.41, 5.74) is 2.76. The molecule has 4 rings (SSSR count). The molecule has 1 aromatic carbocycles. The fourth-order valence-electron chi connectivity index (χ4n) is 3.35. The summed E-state index contributed by atoms with van der Waals surface area (Å²) in [5, 5.41) is 10.3. The number of anilines is 2. The highest BCUT2D eigenvalue weighted by Gasteiger charge is 2.22. The second kappa shape index (κ2) is 8.22. The molecule has 3 heterocycles. The number of amides is 1. The van der Waals surface area contributed by atoms with Crippen molar-refractivity contribution in [3.8, 4) is 0 Å². The van der Waals surface area contributed by atoms with Crippen LogP contribution in [0, 0.1) is 6.92 Å². The minimum absolute atomic E-state index is 0.110. The van der Waals surface area contributed by atoms with Gasteiger partial charge in [0.05, 0.1) is 5.69 Å². The fourth-order valence-corrected chi connectivity index (χ4v) is 3.35. The maximum Gasteiger partial charge on any atom is 0.253 e. The molecule has 0 saturated carbocycles. The first kappa shape index (κ1) is 18.2. The minimum Gasteiger partial charge on any atom is -0.336 e. The van der Waals surface area contributed by atoms with Gasteiger partial charge in [-0.05, 0) is 31.2 Å². The highest BCUT2D eigenvalue weighted by molar-refractivity contribution is 5.94. The number of hydrogen-bond acceptors (Lipinski definition) is 5. The van der Waals surface area contributed by atoms with E-state index in [4.69, 9.17) is 0 Å². The van der Waals surface area contributed by atoms with Crippen molar-refractivity contribution in [1.29, 1.82) is 0 Å². The number of rotatable bonds is 5. The molecule has 0 aliphatic carbocycles. The second-order valence-electron chi connectivity index (χ2n) is 7.01. The number of aryl methyl sites for hydroxylation is 1. The maximum atomic E-state index is 12.6. The van der Waals surface area contributed by atoms with Crippen LogP contribution in [0.5, 0.6) is 0 Å². The van der Waals surface area contributed by atoms with Crippen molar-refractivity contribution in [3.63, 3.8) is 0 Å². The molecule has 0 bridgehead atoms. The van der Waals surface area contributed by atoms with E-state index in [1.54, 1.807) is 0 Å². The van der Waals surface area contributed by atoms with Gasteiger partial charge in [-0.15, -0.1) is 0 Å². The molecular formula is C21H24N6O. The fraction of sp³-hybridized carbons (Fsp3) is 0.286. The highest BCUT2D eigenvalue weighted by atomic mass is 16.2. The van der Waals surface area contributed by atoms with Gasteiger partial charge >= 0.3 is 0 Å². The van der Waals surface area contributed by atoms with Crippen LogP contribution in [0.4, 0.5) is 11.6 Å². The number of pyridine rings is 1. The average Bonchev–Trinajstić information content (AvgIpc) is 3.13. The molecule has 1 amide bonds. The summed E-state index contributed by atoms with van der Waals surface area (Å²) < 4.78 is 0. The summed E-state index contributed by atoms with van der Waals surface area (Å²) in [6.45, 7) is 5.88. The van der Waals surface area contributed by atoms with Gasteiger partial charge in [0.1, 0.15) is 5.82 Å². The van der Waals surface area contributed by atoms with Crippen molar-refractivity contribution in [2.45, 2.75) is 13.5 Å². The van der Waals surface area contributed by atoms with Crippen molar-refractivity contribution in [2.24, 2.45) is 0 Å². The van der Waals surface area contributed by atoms with Crippen LogP contribution in [0.15, 0.2) is 54.6 Å². The number of H-pyrrole nitrogens is 1. The zero-order valence-corrected chi connectivity index (χ0v) is 15.9. The van der Waals surface area contributed by atoms with E-state index in [1.165, 1.54) is 0 Å². The molecule has 2 N–H and O–H groups in total. The summed E-state index contributed by atoms with van der Waals surface area (Å²) in [7, 11) is 0. The third kappa shape index (κ3) is 4.37. The van der Waals surface area contributed by atoms with Crippen molar-refractivity contribution in [2.75, 3.05) is 31.5 Å². The van der Waals surface area contributed by atoms with Gasteiger partial charge in [0, 0.05) is 50.0 Å². The molecule has 0 spiro atoms. The molecule has 7 nitrogen and oxygen atoms in total. The number of benzene rings is 1. The van der Waals surface area contributed by atoms with Crippen molar-refractivity contribution in [1.82, 2.24) is 25.0 Å². The van der Waals surface area contributed by atoms with Gasteiger partial charge in [0.15, 0.2) is 5.82 Å². The predicted octanol–water partition coefficient (Wildman–Crippen LogP) is 2.81. The molecule has 1 aliphatic rings. The Labute approximate surface area is 164 Å². The van der Waals surface area contributed by atoms with Gasteiger partial charge in [-0.1, -0.05) is 24.3 Å². The van der Waals surface area contributed by atoms with E-state index in [0.29, 0.717) is 0 Å². The second-order valence-corrected chi connectivity index (χ2v) is 7.01. The van der Waals surface area contributed by atoms with Crippen LogP contribution in [0.25, 0.3) is 0 Å². The molecular weight excluding hydrogens is 352 g/mol. The normalized spacial score (nSPS) is 14.8. The van der Waals surface area contributed by atoms with Crippen LogP contribution in [-0.2, 0) is 6.54 Å². The molecule has 1 saturated heterocycles. The van der Waals surface area contributed by atoms with Gasteiger partial charge in [-0.2, -0.15) is 5.10 Å². The van der Waals surface area contributed by atoms with E-state index < -0.39 is 0 Å². The van der Waals surface area contributed by atoms with Gasteiger partial charge < -0.3 is 10.2 Å². The smallest absolute Gasteiger partial charge is 0.253 e. The molecule has 1 aliphatic heterocycles. The Balaban J connectivity index is 1.32. The van der Waals surface area contributed by atoms with E-state index >= 15 is 0 Å². The van der Waals surface area contributed by atoms with E-state index in [9.17, 15) is 4.79 Å². The molecule has 1 fully saturated rings. The number of aromatic nitrogens is 3. The Morgan fingerprint density at radius 1 is 1.04 bits per heavy atom. The van der Waals surface area contributed by atoms with Crippen LogP contribution in [0.3, 0.4) is 0 Å². The highest BCUT2D eigenvalue weighted by Crippen LogP contribution is 2.15. The first-order valence-corrected chi connectivity index (χ1v) is 9.49. The summed E-state index contributed by atoms with van der Waals surface area (Å²) in [6, 6.07) is 17.4. The van der Waals surface area contributed by atoms with Crippen LogP contribution in [0.1, 0.15) is 21.7 Å². The third-order valence-electron chi connectivity index (χ3n) is 4.83. The molecule has 144 valence electrons. The Hall–Kier alpha value is -3.19. The van der Waals surface area contributed by atoms with Crippen LogP contribution in [-0.4, -0.2) is 57.1 Å². The molecule has 7 heteroatoms. The molecule has 0 unspecified atom stereocenters. The van der Waals surface area contributed by atoms with E-state index in [1.807, 2.05) is 66.4 Å². The Morgan fingerprint density at radius 3 is 2.54 bits per heavy atom. The number of nitrogens with zero attached hydrogens (tertiary/aromatic N) is 4. The molecule has 0 atom stereocenters. The molecule has 2 aromatic heterocycles. The third-order valence-corrected chi connectivity index (χ3v) is 4.83. The van der Waals surface area contributed by atoms with Crippen LogP contribution in [0.2, 0.25) is 0 Å². The zero-order valence-electron chi connectivity index (χ0n) is 15.9. The SMILES string of the molecule is Cc1cc(Nc2cccc(CN3CCN(C(=O)c4ccccc4)CC3)n2)n[nH]1. The number of hydrogen-bond donors (Lipinski definition) is 2. The van der Waals surface area contributed by atoms with E-state index in [2.05, 4.69) is 25.4 Å². The summed E-state index contributed by atoms with van der Waals surface area (Å²) in [4.78, 5) is 21.5. The van der Waals surface area contributed by atoms with Gasteiger partial charge in [0.25, 0.3) is 5.91 Å². The first-order chi connectivity index (χ1) is 13.7. The molecule has 28 heavy (non-hydrogen) atoms. The summed E-state index contributed by atoms with van der Waals surface area (Å²) in [5.74, 6) is 1.65. The number of carbonyl (C=O) groups is 1. The Kier molecular flexibility index (Phi) is 5.34. The van der Waals surface area contributed by atoms with Crippen LogP contribution >= 0.6 is 0 Å². The number of nitrogens with one attached hydrogen (secondary N) is 2. The lowest BCUT2D eigenvalue weighted by molar-refractivity contribution is 0.0627. The van der Waals surface area contributed by atoms with Gasteiger partial charge in [-0.25, -0.2) is 4.98 Å². The lowest BCUT2D eigenvalue weighted by Gasteiger charge is -2.34. The maximum absolute atomic E-state index is 12.6. The molecule has 3 aromatic rings. The van der Waals surface area contributed by atoms with Gasteiger partial charge in [0.2, 0.25) is 0 Å². The number of carbonyl (C=O) groups excluding carboxylic acids is 1. The Bertz CT molecular complexity index is 931. The van der Waals surface area contributed by atoms with Gasteiger partial charge in [-0.3, -0.25) is 14.8 Å². The quantitative estimate of drug-likeness (QED) is 0.716. The predicted molar refractivity (Wildman–Crippen MR) is 108 cm³/mol. The van der Waals surface area contributed by atoms with E-state index in [-0.39, 0.29) is 5.91 Å². The van der Waals surface area contributed by atoms with Crippen molar-refractivity contribution < 1.29 is 4.79 Å². The first-order valence-electron chi connectivity index (χ1n) is 9.49. The molecule has 0 radical (unpaired) electrons. The monoisotopic (exact) mass is 376 g/mol. The Morgan fingerprint density at radius 2 is 1.82 bits per heavy atom. The number of aromatic amines is 1. The largest absolute Gasteiger partial charge is 0.336 e. The van der Waals surface area contributed by atoms with Crippen LogP contribution < -0.4 is 5.32 Å². The summed E-state index contributed by atoms with van der Waals surface area (Å²) >= 11 is 0. The standard InChI is InChI=1S/C21H24N6O/c1-16-14-20(25-24-16)23-19-9-5-8-18(22-19)15-26-10-12-27(13-11-26)21(28)17-6-3-2-4-7-17/h2-9,14H,10-13,15H2,1H3,(H2,22,23,24,25). The van der Waals surface area contributed by atoms with Crippen molar-refractivity contribution >= 4 is 17.5 Å². The average molecular weight is 376 g/mol. The number of piperazine rings is 1. The lowest BCUT2D eigenvalue weighted by Crippen LogP contribution is -2.48. The summed E-state index contributed by atoms with van der Waals surface area (Å²) in [6.07, 6.45) is 0. The van der Waals surface area contributed by atoms with E-state index in [0.717, 1.165) is 61.3 Å². The lowest BCUT2D eigenvalue weighted by atomic mass is 10.2. The van der Waals surface area contributed by atoms with Crippen molar-refractivity contribution in [3.05, 3.63) is 71.5 Å². The topological polar surface area (TPSA) is 77.2 Å². The zero-order chi connectivity index (χ0) is 19.3. The minimum atomic E-state index is 0.110.